The minimum Gasteiger partial charge on any atom is -0.480 e. The summed E-state index contributed by atoms with van der Waals surface area (Å²) in [6.45, 7) is 1.43. The SMILES string of the molecule is O=C(O)C1(c2ncsn2)CCNCC1. The molecule has 1 fully saturated rings. The molecular formula is C8H11N3O2S. The summed E-state index contributed by atoms with van der Waals surface area (Å²) in [5.74, 6) is -0.339. The van der Waals surface area contributed by atoms with Crippen molar-refractivity contribution in [2.45, 2.75) is 18.3 Å². The fourth-order valence-electron chi connectivity index (χ4n) is 1.77. The van der Waals surface area contributed by atoms with Crippen molar-refractivity contribution in [2.75, 3.05) is 13.1 Å². The van der Waals surface area contributed by atoms with Gasteiger partial charge in [-0.05, 0) is 37.5 Å². The Morgan fingerprint density at radius 1 is 1.57 bits per heavy atom. The van der Waals surface area contributed by atoms with Gasteiger partial charge < -0.3 is 10.4 Å². The van der Waals surface area contributed by atoms with Crippen molar-refractivity contribution >= 4 is 17.5 Å². The predicted molar refractivity (Wildman–Crippen MR) is 51.3 cm³/mol. The average molecular weight is 213 g/mol. The molecule has 0 unspecified atom stereocenters. The van der Waals surface area contributed by atoms with E-state index in [4.69, 9.17) is 0 Å². The molecule has 0 radical (unpaired) electrons. The molecule has 2 rings (SSSR count). The van der Waals surface area contributed by atoms with Gasteiger partial charge in [0.05, 0.1) is 0 Å². The van der Waals surface area contributed by atoms with Gasteiger partial charge in [0, 0.05) is 0 Å². The number of nitrogens with zero attached hydrogens (tertiary/aromatic N) is 2. The molecule has 76 valence electrons. The van der Waals surface area contributed by atoms with E-state index in [2.05, 4.69) is 14.7 Å². The zero-order chi connectivity index (χ0) is 10.0. The molecule has 0 atom stereocenters. The van der Waals surface area contributed by atoms with E-state index in [1.165, 1.54) is 11.5 Å². The van der Waals surface area contributed by atoms with E-state index >= 15 is 0 Å². The molecule has 0 aromatic carbocycles. The first-order valence-electron chi connectivity index (χ1n) is 4.47. The summed E-state index contributed by atoms with van der Waals surface area (Å²) in [5, 5.41) is 12.4. The third-order valence-electron chi connectivity index (χ3n) is 2.66. The van der Waals surface area contributed by atoms with E-state index in [1.54, 1.807) is 5.51 Å². The monoisotopic (exact) mass is 213 g/mol. The lowest BCUT2D eigenvalue weighted by molar-refractivity contribution is -0.145. The van der Waals surface area contributed by atoms with Crippen LogP contribution in [0, 0.1) is 0 Å². The van der Waals surface area contributed by atoms with Crippen LogP contribution >= 0.6 is 11.5 Å². The molecular weight excluding hydrogens is 202 g/mol. The Labute approximate surface area is 85.3 Å². The van der Waals surface area contributed by atoms with Crippen LogP contribution in [-0.2, 0) is 10.2 Å². The van der Waals surface area contributed by atoms with Gasteiger partial charge in [-0.3, -0.25) is 4.79 Å². The zero-order valence-electron chi connectivity index (χ0n) is 7.56. The van der Waals surface area contributed by atoms with E-state index in [0.29, 0.717) is 31.8 Å². The molecule has 1 aromatic rings. The van der Waals surface area contributed by atoms with Crippen molar-refractivity contribution in [3.8, 4) is 0 Å². The maximum Gasteiger partial charge on any atom is 0.317 e. The van der Waals surface area contributed by atoms with Gasteiger partial charge in [0.15, 0.2) is 5.82 Å². The Morgan fingerprint density at radius 3 is 2.79 bits per heavy atom. The second-order valence-corrected chi connectivity index (χ2v) is 4.00. The van der Waals surface area contributed by atoms with Crippen molar-refractivity contribution in [3.05, 3.63) is 11.3 Å². The van der Waals surface area contributed by atoms with Gasteiger partial charge in [0.2, 0.25) is 0 Å². The number of carboxylic acids is 1. The molecule has 0 saturated carbocycles. The maximum atomic E-state index is 11.3. The Balaban J connectivity index is 2.35. The molecule has 2 heterocycles. The normalized spacial score (nSPS) is 20.6. The summed E-state index contributed by atoms with van der Waals surface area (Å²) in [4.78, 5) is 15.3. The van der Waals surface area contributed by atoms with Gasteiger partial charge in [-0.15, -0.1) is 0 Å². The Morgan fingerprint density at radius 2 is 2.29 bits per heavy atom. The highest BCUT2D eigenvalue weighted by Crippen LogP contribution is 2.31. The van der Waals surface area contributed by atoms with Crippen LogP contribution in [0.5, 0.6) is 0 Å². The number of aliphatic carboxylic acids is 1. The Kier molecular flexibility index (Phi) is 2.47. The van der Waals surface area contributed by atoms with Crippen LogP contribution in [0.4, 0.5) is 0 Å². The molecule has 14 heavy (non-hydrogen) atoms. The largest absolute Gasteiger partial charge is 0.480 e. The van der Waals surface area contributed by atoms with Gasteiger partial charge in [-0.2, -0.15) is 4.37 Å². The number of piperidine rings is 1. The standard InChI is InChI=1S/C8H11N3O2S/c12-7(13)8(1-3-9-4-2-8)6-10-5-14-11-6/h5,9H,1-4H2,(H,12,13). The lowest BCUT2D eigenvalue weighted by Gasteiger charge is -2.30. The number of hydrogen-bond donors (Lipinski definition) is 2. The number of carbonyl (C=O) groups is 1. The first-order valence-corrected chi connectivity index (χ1v) is 5.30. The van der Waals surface area contributed by atoms with Crippen LogP contribution in [-0.4, -0.2) is 33.5 Å². The summed E-state index contributed by atoms with van der Waals surface area (Å²) in [6, 6.07) is 0. The molecule has 5 nitrogen and oxygen atoms in total. The first-order chi connectivity index (χ1) is 6.76. The van der Waals surface area contributed by atoms with Crippen LogP contribution in [0.1, 0.15) is 18.7 Å². The lowest BCUT2D eigenvalue weighted by atomic mass is 9.78. The second kappa shape index (κ2) is 3.62. The molecule has 1 aliphatic rings. The summed E-state index contributed by atoms with van der Waals surface area (Å²) in [6.07, 6.45) is 1.14. The van der Waals surface area contributed by atoms with Crippen LogP contribution in [0.2, 0.25) is 0 Å². The number of hydrogen-bond acceptors (Lipinski definition) is 5. The van der Waals surface area contributed by atoms with Crippen LogP contribution in [0.3, 0.4) is 0 Å². The smallest absolute Gasteiger partial charge is 0.317 e. The third-order valence-corrected chi connectivity index (χ3v) is 3.13. The third kappa shape index (κ3) is 1.40. The fraction of sp³-hybridized carbons (Fsp3) is 0.625. The molecule has 1 saturated heterocycles. The van der Waals surface area contributed by atoms with Crippen molar-refractivity contribution in [2.24, 2.45) is 0 Å². The van der Waals surface area contributed by atoms with E-state index in [1.807, 2.05) is 0 Å². The van der Waals surface area contributed by atoms with Crippen molar-refractivity contribution in [3.63, 3.8) is 0 Å². The second-order valence-electron chi connectivity index (χ2n) is 3.39. The van der Waals surface area contributed by atoms with Crippen LogP contribution in [0.15, 0.2) is 5.51 Å². The Hall–Kier alpha value is -1.01. The number of aromatic nitrogens is 2. The first kappa shape index (κ1) is 9.54. The van der Waals surface area contributed by atoms with Gasteiger partial charge >= 0.3 is 5.97 Å². The molecule has 0 spiro atoms. The predicted octanol–water partition coefficient (Wildman–Crippen LogP) is 0.244. The Bertz CT molecular complexity index is 319. The highest BCUT2D eigenvalue weighted by Gasteiger charge is 2.44. The van der Waals surface area contributed by atoms with Gasteiger partial charge in [-0.25, -0.2) is 4.98 Å². The van der Waals surface area contributed by atoms with Crippen LogP contribution < -0.4 is 5.32 Å². The molecule has 0 bridgehead atoms. The number of carboxylic acid groups (broad SMARTS) is 1. The minimum absolute atomic E-state index is 0.469. The summed E-state index contributed by atoms with van der Waals surface area (Å²) in [7, 11) is 0. The van der Waals surface area contributed by atoms with Crippen molar-refractivity contribution in [1.29, 1.82) is 0 Å². The summed E-state index contributed by atoms with van der Waals surface area (Å²) < 4.78 is 4.06. The van der Waals surface area contributed by atoms with Gasteiger partial charge in [0.25, 0.3) is 0 Å². The van der Waals surface area contributed by atoms with E-state index in [0.717, 1.165) is 0 Å². The molecule has 6 heteroatoms. The fourth-order valence-corrected chi connectivity index (χ4v) is 2.28. The number of rotatable bonds is 2. The molecule has 0 aliphatic carbocycles. The van der Waals surface area contributed by atoms with E-state index in [-0.39, 0.29) is 0 Å². The van der Waals surface area contributed by atoms with E-state index in [9.17, 15) is 9.90 Å². The number of nitrogens with one attached hydrogen (secondary N) is 1. The molecule has 1 aromatic heterocycles. The lowest BCUT2D eigenvalue weighted by Crippen LogP contribution is -2.46. The summed E-state index contributed by atoms with van der Waals surface area (Å²) in [5.41, 5.74) is 0.729. The topological polar surface area (TPSA) is 75.1 Å². The van der Waals surface area contributed by atoms with Crippen molar-refractivity contribution < 1.29 is 9.90 Å². The summed E-state index contributed by atoms with van der Waals surface area (Å²) >= 11 is 1.20. The highest BCUT2D eigenvalue weighted by molar-refractivity contribution is 7.03. The van der Waals surface area contributed by atoms with Gasteiger partial charge in [0.1, 0.15) is 10.9 Å². The highest BCUT2D eigenvalue weighted by atomic mass is 32.1. The van der Waals surface area contributed by atoms with Crippen LogP contribution in [0.25, 0.3) is 0 Å². The van der Waals surface area contributed by atoms with Gasteiger partial charge in [-0.1, -0.05) is 0 Å². The quantitative estimate of drug-likeness (QED) is 0.736. The molecule has 2 N–H and O–H groups in total. The molecule has 1 aliphatic heterocycles. The average Bonchev–Trinajstić information content (AvgIpc) is 2.72. The molecule has 0 amide bonds. The maximum absolute atomic E-state index is 11.3. The van der Waals surface area contributed by atoms with Crippen molar-refractivity contribution in [1.82, 2.24) is 14.7 Å². The minimum atomic E-state index is -0.856. The zero-order valence-corrected chi connectivity index (χ0v) is 8.38. The van der Waals surface area contributed by atoms with E-state index < -0.39 is 11.4 Å².